The van der Waals surface area contributed by atoms with Gasteiger partial charge in [0.2, 0.25) is 0 Å². The molecule has 5 heteroatoms. The molecule has 0 N–H and O–H groups in total. The summed E-state index contributed by atoms with van der Waals surface area (Å²) < 4.78 is 19.1. The van der Waals surface area contributed by atoms with E-state index in [1.54, 1.807) is 7.11 Å². The highest BCUT2D eigenvalue weighted by Crippen LogP contribution is 2.25. The number of carbonyl (C=O) groups excluding carboxylic acids is 1. The van der Waals surface area contributed by atoms with Gasteiger partial charge in [0.05, 0.1) is 12.1 Å². The molecule has 0 aromatic carbocycles. The van der Waals surface area contributed by atoms with Crippen molar-refractivity contribution in [3.05, 3.63) is 0 Å². The van der Waals surface area contributed by atoms with Crippen LogP contribution >= 0.6 is 0 Å². The minimum atomic E-state index is 0.311. The van der Waals surface area contributed by atoms with Gasteiger partial charge >= 0.3 is 0 Å². The molecule has 2 aliphatic rings. The van der Waals surface area contributed by atoms with Gasteiger partial charge in [-0.05, 0) is 57.3 Å². The molecule has 2 saturated carbocycles. The molecule has 2 aliphatic carbocycles. The SMILES string of the molecule is CC1CCC(N=S=O)CC1.COC1CCC(C=O)CC1. The third-order valence-electron chi connectivity index (χ3n) is 4.42. The first-order valence-electron chi connectivity index (χ1n) is 7.66. The number of nitrogens with zero attached hydrogens (tertiary/aromatic N) is 1. The van der Waals surface area contributed by atoms with E-state index in [4.69, 9.17) is 4.74 Å². The van der Waals surface area contributed by atoms with Crippen LogP contribution in [-0.2, 0) is 21.0 Å². The summed E-state index contributed by atoms with van der Waals surface area (Å²) in [4.78, 5) is 10.3. The molecule has 0 heterocycles. The Labute approximate surface area is 125 Å². The van der Waals surface area contributed by atoms with Crippen molar-refractivity contribution in [1.29, 1.82) is 0 Å². The highest BCUT2D eigenvalue weighted by atomic mass is 32.1. The molecule has 116 valence electrons. The summed E-state index contributed by atoms with van der Waals surface area (Å²) >= 11 is 0.384. The Bertz CT molecular complexity index is 315. The fourth-order valence-electron chi connectivity index (χ4n) is 2.87. The summed E-state index contributed by atoms with van der Waals surface area (Å²) in [5, 5.41) is 0. The van der Waals surface area contributed by atoms with Crippen LogP contribution in [0.4, 0.5) is 0 Å². The van der Waals surface area contributed by atoms with Gasteiger partial charge in [-0.15, -0.1) is 0 Å². The monoisotopic (exact) mass is 301 g/mol. The van der Waals surface area contributed by atoms with Gasteiger partial charge in [-0.25, -0.2) is 0 Å². The van der Waals surface area contributed by atoms with Gasteiger partial charge in [-0.1, -0.05) is 6.92 Å². The van der Waals surface area contributed by atoms with Crippen molar-refractivity contribution >= 4 is 17.7 Å². The first-order valence-corrected chi connectivity index (χ1v) is 8.36. The van der Waals surface area contributed by atoms with Crippen molar-refractivity contribution in [3.8, 4) is 0 Å². The van der Waals surface area contributed by atoms with E-state index in [-0.39, 0.29) is 0 Å². The molecule has 0 saturated heterocycles. The van der Waals surface area contributed by atoms with E-state index in [0.717, 1.165) is 50.7 Å². The topological polar surface area (TPSA) is 55.7 Å². The van der Waals surface area contributed by atoms with Crippen molar-refractivity contribution < 1.29 is 13.7 Å². The maximum Gasteiger partial charge on any atom is 0.199 e. The zero-order valence-corrected chi connectivity index (χ0v) is 13.4. The van der Waals surface area contributed by atoms with E-state index in [2.05, 4.69) is 11.3 Å². The fourth-order valence-corrected chi connectivity index (χ4v) is 3.20. The summed E-state index contributed by atoms with van der Waals surface area (Å²) in [6.07, 6.45) is 10.4. The minimum Gasteiger partial charge on any atom is -0.381 e. The van der Waals surface area contributed by atoms with Gasteiger partial charge in [0.25, 0.3) is 0 Å². The van der Waals surface area contributed by atoms with Crippen molar-refractivity contribution in [2.24, 2.45) is 16.2 Å². The quantitative estimate of drug-likeness (QED) is 0.751. The second-order valence-corrected chi connectivity index (χ2v) is 6.36. The zero-order valence-electron chi connectivity index (χ0n) is 12.6. The number of hydrogen-bond donors (Lipinski definition) is 0. The van der Waals surface area contributed by atoms with Gasteiger partial charge in [0, 0.05) is 13.0 Å². The van der Waals surface area contributed by atoms with Gasteiger partial charge in [0.15, 0.2) is 11.5 Å². The van der Waals surface area contributed by atoms with E-state index in [1.165, 1.54) is 12.8 Å². The maximum absolute atomic E-state index is 10.3. The molecule has 0 spiro atoms. The third-order valence-corrected chi connectivity index (χ3v) is 4.81. The van der Waals surface area contributed by atoms with Gasteiger partial charge in [-0.2, -0.15) is 8.57 Å². The lowest BCUT2D eigenvalue weighted by Gasteiger charge is -2.23. The van der Waals surface area contributed by atoms with Crippen molar-refractivity contribution in [2.45, 2.75) is 70.4 Å². The average Bonchev–Trinajstić information content (AvgIpc) is 2.50. The molecule has 0 bridgehead atoms. The standard InChI is InChI=1S/C8H14O2.C7H13NOS/c1-10-8-4-2-7(6-9)3-5-8;1-6-2-4-7(5-3-6)8-10-9/h6-8H,2-5H2,1H3;6-7H,2-5H2,1H3. The molecule has 20 heavy (non-hydrogen) atoms. The molecular formula is C15H27NO3S. The van der Waals surface area contributed by atoms with Crippen LogP contribution in [0.25, 0.3) is 0 Å². The van der Waals surface area contributed by atoms with Gasteiger partial charge in [0.1, 0.15) is 6.29 Å². The highest BCUT2D eigenvalue weighted by Gasteiger charge is 2.19. The minimum absolute atomic E-state index is 0.311. The summed E-state index contributed by atoms with van der Waals surface area (Å²) in [6, 6.07) is 0.360. The second kappa shape index (κ2) is 10.2. The van der Waals surface area contributed by atoms with E-state index in [1.807, 2.05) is 0 Å². The Morgan fingerprint density at radius 2 is 1.65 bits per heavy atom. The largest absolute Gasteiger partial charge is 0.381 e. The predicted octanol–water partition coefficient (Wildman–Crippen LogP) is 3.35. The van der Waals surface area contributed by atoms with Gasteiger partial charge < -0.3 is 9.53 Å². The summed E-state index contributed by atoms with van der Waals surface area (Å²) in [6.45, 7) is 2.26. The van der Waals surface area contributed by atoms with Crippen LogP contribution in [0.1, 0.15) is 58.3 Å². The molecule has 2 rings (SSSR count). The number of rotatable bonds is 3. The Morgan fingerprint density at radius 1 is 1.05 bits per heavy atom. The molecule has 0 radical (unpaired) electrons. The third kappa shape index (κ3) is 6.75. The Hall–Kier alpha value is -0.550. The molecular weight excluding hydrogens is 274 g/mol. The van der Waals surface area contributed by atoms with Crippen LogP contribution in [0.3, 0.4) is 0 Å². The fraction of sp³-hybridized carbons (Fsp3) is 0.933. The van der Waals surface area contributed by atoms with Crippen LogP contribution in [0.2, 0.25) is 0 Å². The number of carbonyl (C=O) groups is 1. The summed E-state index contributed by atoms with van der Waals surface area (Å²) in [7, 11) is 1.74. The lowest BCUT2D eigenvalue weighted by Crippen LogP contribution is -2.20. The first-order chi connectivity index (χ1) is 9.69. The lowest BCUT2D eigenvalue weighted by molar-refractivity contribution is -0.112. The average molecular weight is 301 g/mol. The van der Waals surface area contributed by atoms with E-state index >= 15 is 0 Å². The molecule has 0 aliphatic heterocycles. The summed E-state index contributed by atoms with van der Waals surface area (Å²) in [5.41, 5.74) is 0. The number of hydrogen-bond acceptors (Lipinski definition) is 4. The van der Waals surface area contributed by atoms with Crippen LogP contribution < -0.4 is 0 Å². The Kier molecular flexibility index (Phi) is 8.94. The molecule has 0 amide bonds. The second-order valence-electron chi connectivity index (χ2n) is 6.00. The van der Waals surface area contributed by atoms with Crippen LogP contribution in [-0.4, -0.2) is 29.8 Å². The van der Waals surface area contributed by atoms with Crippen molar-refractivity contribution in [1.82, 2.24) is 0 Å². The van der Waals surface area contributed by atoms with E-state index < -0.39 is 0 Å². The lowest BCUT2D eigenvalue weighted by atomic mass is 9.88. The Morgan fingerprint density at radius 3 is 2.10 bits per heavy atom. The van der Waals surface area contributed by atoms with Crippen molar-refractivity contribution in [3.63, 3.8) is 0 Å². The predicted molar refractivity (Wildman–Crippen MR) is 80.8 cm³/mol. The van der Waals surface area contributed by atoms with Gasteiger partial charge in [-0.3, -0.25) is 0 Å². The Balaban J connectivity index is 0.000000200. The molecule has 0 aromatic rings. The molecule has 0 aromatic heterocycles. The number of ether oxygens (including phenoxy) is 1. The number of methoxy groups -OCH3 is 1. The van der Waals surface area contributed by atoms with Crippen LogP contribution in [0.15, 0.2) is 4.36 Å². The zero-order chi connectivity index (χ0) is 14.8. The van der Waals surface area contributed by atoms with E-state index in [9.17, 15) is 9.00 Å². The normalized spacial score (nSPS) is 33.5. The first kappa shape index (κ1) is 17.5. The number of aldehydes is 1. The van der Waals surface area contributed by atoms with Crippen molar-refractivity contribution in [2.75, 3.05) is 7.11 Å². The highest BCUT2D eigenvalue weighted by molar-refractivity contribution is 7.54. The molecule has 2 fully saturated rings. The summed E-state index contributed by atoms with van der Waals surface area (Å²) in [5.74, 6) is 1.16. The smallest absolute Gasteiger partial charge is 0.199 e. The molecule has 0 atom stereocenters. The maximum atomic E-state index is 10.3. The van der Waals surface area contributed by atoms with Crippen LogP contribution in [0, 0.1) is 11.8 Å². The van der Waals surface area contributed by atoms with E-state index in [0.29, 0.717) is 29.5 Å². The van der Waals surface area contributed by atoms with Crippen LogP contribution in [0.5, 0.6) is 0 Å². The molecule has 4 nitrogen and oxygen atoms in total. The molecule has 0 unspecified atom stereocenters.